The number of carbonyl (C=O) groups is 1. The van der Waals surface area contributed by atoms with Crippen LogP contribution in [0.5, 0.6) is 0 Å². The molecular weight excluding hydrogens is 200 g/mol. The fraction of sp³-hybridized carbons (Fsp3) is 0.923. The van der Waals surface area contributed by atoms with Crippen molar-refractivity contribution >= 4 is 6.03 Å². The van der Waals surface area contributed by atoms with Gasteiger partial charge in [-0.15, -0.1) is 0 Å². The van der Waals surface area contributed by atoms with Crippen LogP contribution in [0.25, 0.3) is 0 Å². The van der Waals surface area contributed by atoms with Crippen molar-refractivity contribution in [3.63, 3.8) is 0 Å². The Hall–Kier alpha value is -0.730. The second-order valence-corrected chi connectivity index (χ2v) is 5.54. The zero-order valence-corrected chi connectivity index (χ0v) is 10.9. The van der Waals surface area contributed by atoms with Gasteiger partial charge in [0.25, 0.3) is 0 Å². The molecule has 0 spiro atoms. The lowest BCUT2D eigenvalue weighted by Gasteiger charge is -2.38. The first-order valence-corrected chi connectivity index (χ1v) is 6.60. The maximum absolute atomic E-state index is 11.7. The molecule has 3 nitrogen and oxygen atoms in total. The van der Waals surface area contributed by atoms with Crippen LogP contribution in [0.15, 0.2) is 0 Å². The van der Waals surface area contributed by atoms with E-state index in [4.69, 9.17) is 0 Å². The van der Waals surface area contributed by atoms with Crippen molar-refractivity contribution in [3.8, 4) is 0 Å². The lowest BCUT2D eigenvalue weighted by atomic mass is 9.73. The van der Waals surface area contributed by atoms with Gasteiger partial charge in [0.1, 0.15) is 0 Å². The summed E-state index contributed by atoms with van der Waals surface area (Å²) in [5.74, 6) is 0. The fourth-order valence-electron chi connectivity index (χ4n) is 2.35. The van der Waals surface area contributed by atoms with Gasteiger partial charge in [0.2, 0.25) is 0 Å². The van der Waals surface area contributed by atoms with Crippen LogP contribution < -0.4 is 10.6 Å². The summed E-state index contributed by atoms with van der Waals surface area (Å²) < 4.78 is 0. The van der Waals surface area contributed by atoms with Crippen LogP contribution in [0, 0.1) is 5.41 Å². The van der Waals surface area contributed by atoms with Gasteiger partial charge < -0.3 is 10.6 Å². The highest BCUT2D eigenvalue weighted by Gasteiger charge is 2.32. The van der Waals surface area contributed by atoms with E-state index >= 15 is 0 Å². The minimum Gasteiger partial charge on any atom is -0.338 e. The highest BCUT2D eigenvalue weighted by Crippen LogP contribution is 2.35. The van der Waals surface area contributed by atoms with Gasteiger partial charge in [-0.3, -0.25) is 0 Å². The van der Waals surface area contributed by atoms with Gasteiger partial charge in [0.15, 0.2) is 0 Å². The third-order valence-corrected chi connectivity index (χ3v) is 3.63. The van der Waals surface area contributed by atoms with Crippen molar-refractivity contribution in [2.24, 2.45) is 5.41 Å². The molecule has 0 aliphatic heterocycles. The zero-order chi connectivity index (χ0) is 12.0. The number of nitrogens with one attached hydrogen (secondary N) is 2. The first-order valence-electron chi connectivity index (χ1n) is 6.60. The van der Waals surface area contributed by atoms with E-state index in [0.29, 0.717) is 6.04 Å². The number of hydrogen-bond donors (Lipinski definition) is 2. The molecule has 1 unspecified atom stereocenters. The van der Waals surface area contributed by atoms with Crippen molar-refractivity contribution in [2.45, 2.75) is 65.3 Å². The number of urea groups is 1. The maximum atomic E-state index is 11.7. The molecule has 1 aliphatic rings. The third-order valence-electron chi connectivity index (χ3n) is 3.63. The molecule has 0 aromatic rings. The molecule has 1 rings (SSSR count). The van der Waals surface area contributed by atoms with Gasteiger partial charge in [0, 0.05) is 12.6 Å². The van der Waals surface area contributed by atoms with Gasteiger partial charge >= 0.3 is 6.03 Å². The number of carbonyl (C=O) groups excluding carboxylic acids is 1. The second kappa shape index (κ2) is 6.12. The number of unbranched alkanes of at least 4 members (excludes halogenated alkanes) is 1. The Morgan fingerprint density at radius 1 is 1.38 bits per heavy atom. The van der Waals surface area contributed by atoms with Gasteiger partial charge in [-0.2, -0.15) is 0 Å². The molecule has 0 aromatic carbocycles. The van der Waals surface area contributed by atoms with Crippen molar-refractivity contribution in [2.75, 3.05) is 6.54 Å². The summed E-state index contributed by atoms with van der Waals surface area (Å²) in [5, 5.41) is 6.04. The number of hydrogen-bond acceptors (Lipinski definition) is 1. The van der Waals surface area contributed by atoms with E-state index in [1.54, 1.807) is 0 Å². The largest absolute Gasteiger partial charge is 0.338 e. The monoisotopic (exact) mass is 226 g/mol. The lowest BCUT2D eigenvalue weighted by molar-refractivity contribution is 0.166. The summed E-state index contributed by atoms with van der Waals surface area (Å²) >= 11 is 0. The average Bonchev–Trinajstić information content (AvgIpc) is 2.21. The predicted molar refractivity (Wildman–Crippen MR) is 67.5 cm³/mol. The minimum absolute atomic E-state index is 0.00780. The lowest BCUT2D eigenvalue weighted by Crippen LogP contribution is -2.50. The highest BCUT2D eigenvalue weighted by atomic mass is 16.2. The number of amides is 2. The quantitative estimate of drug-likeness (QED) is 0.711. The first kappa shape index (κ1) is 13.3. The fourth-order valence-corrected chi connectivity index (χ4v) is 2.35. The Bertz CT molecular complexity index is 226. The van der Waals surface area contributed by atoms with Gasteiger partial charge in [-0.05, 0) is 24.7 Å². The van der Waals surface area contributed by atoms with Crippen molar-refractivity contribution in [3.05, 3.63) is 0 Å². The SMILES string of the molecule is CCCCNC(=O)NC1CCCCC1(C)C. The molecule has 0 heterocycles. The Morgan fingerprint density at radius 2 is 2.12 bits per heavy atom. The zero-order valence-electron chi connectivity index (χ0n) is 10.9. The summed E-state index contributed by atoms with van der Waals surface area (Å²) in [6.45, 7) is 7.42. The van der Waals surface area contributed by atoms with E-state index in [1.165, 1.54) is 19.3 Å². The van der Waals surface area contributed by atoms with Crippen LogP contribution in [-0.2, 0) is 0 Å². The van der Waals surface area contributed by atoms with Crippen molar-refractivity contribution in [1.82, 2.24) is 10.6 Å². The van der Waals surface area contributed by atoms with E-state index in [9.17, 15) is 4.79 Å². The molecule has 0 saturated heterocycles. The van der Waals surface area contributed by atoms with Crippen LogP contribution in [-0.4, -0.2) is 18.6 Å². The standard InChI is InChI=1S/C13H26N2O/c1-4-5-10-14-12(16)15-11-8-6-7-9-13(11,2)3/h11H,4-10H2,1-3H3,(H2,14,15,16). The summed E-state index contributed by atoms with van der Waals surface area (Å²) in [6, 6.07) is 0.344. The normalized spacial score (nSPS) is 23.8. The molecule has 0 bridgehead atoms. The van der Waals surface area contributed by atoms with Crippen LogP contribution in [0.4, 0.5) is 4.79 Å². The molecule has 0 aromatic heterocycles. The number of rotatable bonds is 4. The molecule has 94 valence electrons. The molecule has 1 atom stereocenters. The van der Waals surface area contributed by atoms with Gasteiger partial charge in [-0.1, -0.05) is 40.0 Å². The molecule has 0 radical (unpaired) electrons. The van der Waals surface area contributed by atoms with Crippen LogP contribution in [0.3, 0.4) is 0 Å². The van der Waals surface area contributed by atoms with E-state index in [2.05, 4.69) is 31.4 Å². The molecule has 2 N–H and O–H groups in total. The smallest absolute Gasteiger partial charge is 0.315 e. The maximum Gasteiger partial charge on any atom is 0.315 e. The van der Waals surface area contributed by atoms with Crippen LogP contribution in [0.1, 0.15) is 59.3 Å². The van der Waals surface area contributed by atoms with Crippen LogP contribution in [0.2, 0.25) is 0 Å². The van der Waals surface area contributed by atoms with E-state index in [-0.39, 0.29) is 11.4 Å². The Labute approximate surface area is 99.4 Å². The molecule has 1 fully saturated rings. The van der Waals surface area contributed by atoms with Gasteiger partial charge in [-0.25, -0.2) is 4.79 Å². The molecule has 1 aliphatic carbocycles. The summed E-state index contributed by atoms with van der Waals surface area (Å²) in [5.41, 5.74) is 0.250. The minimum atomic E-state index is 0.00780. The Balaban J connectivity index is 2.31. The molecular formula is C13H26N2O. The van der Waals surface area contributed by atoms with E-state index < -0.39 is 0 Å². The predicted octanol–water partition coefficient (Wildman–Crippen LogP) is 3.05. The summed E-state index contributed by atoms with van der Waals surface area (Å²) in [7, 11) is 0. The Morgan fingerprint density at radius 3 is 2.75 bits per heavy atom. The Kier molecular flexibility index (Phi) is 5.10. The summed E-state index contributed by atoms with van der Waals surface area (Å²) in [4.78, 5) is 11.7. The molecule has 2 amide bonds. The second-order valence-electron chi connectivity index (χ2n) is 5.54. The third kappa shape index (κ3) is 4.03. The van der Waals surface area contributed by atoms with Crippen LogP contribution >= 0.6 is 0 Å². The van der Waals surface area contributed by atoms with E-state index in [0.717, 1.165) is 25.8 Å². The van der Waals surface area contributed by atoms with Gasteiger partial charge in [0.05, 0.1) is 0 Å². The highest BCUT2D eigenvalue weighted by molar-refractivity contribution is 5.74. The average molecular weight is 226 g/mol. The molecule has 16 heavy (non-hydrogen) atoms. The topological polar surface area (TPSA) is 41.1 Å². The first-order chi connectivity index (χ1) is 7.56. The van der Waals surface area contributed by atoms with Crippen molar-refractivity contribution in [1.29, 1.82) is 0 Å². The molecule has 3 heteroatoms. The molecule has 1 saturated carbocycles. The van der Waals surface area contributed by atoms with Crippen molar-refractivity contribution < 1.29 is 4.79 Å². The van der Waals surface area contributed by atoms with E-state index in [1.807, 2.05) is 0 Å². The summed E-state index contributed by atoms with van der Waals surface area (Å²) in [6.07, 6.45) is 7.05.